The van der Waals surface area contributed by atoms with E-state index in [2.05, 4.69) is 5.32 Å². The van der Waals surface area contributed by atoms with Crippen molar-refractivity contribution < 1.29 is 13.2 Å². The van der Waals surface area contributed by atoms with Crippen LogP contribution in [0.15, 0.2) is 89.8 Å². The molecule has 1 amide bonds. The number of carbonyl (C=O) groups is 1. The maximum atomic E-state index is 13.0. The highest BCUT2D eigenvalue weighted by atomic mass is 32.2. The largest absolute Gasteiger partial charge is 0.348 e. The summed E-state index contributed by atoms with van der Waals surface area (Å²) in [6, 6.07) is 26.0. The lowest BCUT2D eigenvalue weighted by atomic mass is 10.0. The summed E-state index contributed by atoms with van der Waals surface area (Å²) < 4.78 is 26.9. The Hall–Kier alpha value is -3.22. The van der Waals surface area contributed by atoms with Gasteiger partial charge in [-0.3, -0.25) is 4.79 Å². The summed E-state index contributed by atoms with van der Waals surface area (Å²) in [6.45, 7) is 1.47. The Morgan fingerprint density at radius 3 is 2.06 bits per heavy atom. The van der Waals surface area contributed by atoms with Crippen LogP contribution in [0.25, 0.3) is 11.6 Å². The summed E-state index contributed by atoms with van der Waals surface area (Å²) in [6.07, 6.45) is 3.68. The summed E-state index contributed by atoms with van der Waals surface area (Å²) in [4.78, 5) is 13.3. The highest BCUT2D eigenvalue weighted by molar-refractivity contribution is 7.89. The number of amides is 1. The molecule has 6 heteroatoms. The summed E-state index contributed by atoms with van der Waals surface area (Å²) >= 11 is 0. The van der Waals surface area contributed by atoms with Crippen molar-refractivity contribution in [3.05, 3.63) is 102 Å². The minimum absolute atomic E-state index is 0.186. The topological polar surface area (TPSA) is 66.5 Å². The second-order valence-corrected chi connectivity index (χ2v) is 9.71. The van der Waals surface area contributed by atoms with Gasteiger partial charge in [0.25, 0.3) is 5.91 Å². The quantitative estimate of drug-likeness (QED) is 0.434. The number of rotatable bonds is 7. The van der Waals surface area contributed by atoms with E-state index in [-0.39, 0.29) is 5.91 Å². The molecule has 0 aromatic heterocycles. The van der Waals surface area contributed by atoms with Crippen molar-refractivity contribution >= 4 is 27.6 Å². The number of nitrogens with zero attached hydrogens (tertiary/aromatic N) is 1. The van der Waals surface area contributed by atoms with Gasteiger partial charge in [-0.25, -0.2) is 8.42 Å². The maximum Gasteiger partial charge on any atom is 0.252 e. The predicted octanol–water partition coefficient (Wildman–Crippen LogP) is 4.33. The second-order valence-electron chi connectivity index (χ2n) is 7.77. The van der Waals surface area contributed by atoms with Gasteiger partial charge in [0, 0.05) is 25.2 Å². The van der Waals surface area contributed by atoms with Crippen LogP contribution >= 0.6 is 0 Å². The number of hydrogen-bond acceptors (Lipinski definition) is 3. The molecule has 1 N–H and O–H groups in total. The van der Waals surface area contributed by atoms with Gasteiger partial charge in [0.15, 0.2) is 0 Å². The molecule has 0 aliphatic carbocycles. The van der Waals surface area contributed by atoms with Crippen LogP contribution < -0.4 is 5.32 Å². The van der Waals surface area contributed by atoms with Gasteiger partial charge in [-0.1, -0.05) is 72.8 Å². The molecule has 1 saturated heterocycles. The lowest BCUT2D eigenvalue weighted by Crippen LogP contribution is -2.28. The predicted molar refractivity (Wildman–Crippen MR) is 127 cm³/mol. The Kier molecular flexibility index (Phi) is 6.83. The summed E-state index contributed by atoms with van der Waals surface area (Å²) in [5.74, 6) is -0.186. The van der Waals surface area contributed by atoms with Crippen LogP contribution in [0.4, 0.5) is 0 Å². The molecular formula is C26H26N2O3S. The third kappa shape index (κ3) is 5.15. The molecule has 4 rings (SSSR count). The Morgan fingerprint density at radius 2 is 1.44 bits per heavy atom. The van der Waals surface area contributed by atoms with Crippen molar-refractivity contribution in [1.29, 1.82) is 0 Å². The minimum atomic E-state index is -3.43. The zero-order valence-corrected chi connectivity index (χ0v) is 18.6. The molecule has 164 valence electrons. The monoisotopic (exact) mass is 446 g/mol. The van der Waals surface area contributed by atoms with Gasteiger partial charge >= 0.3 is 0 Å². The summed E-state index contributed by atoms with van der Waals surface area (Å²) in [5.41, 5.74) is 3.19. The molecule has 0 atom stereocenters. The average molecular weight is 447 g/mol. The number of carbonyl (C=O) groups excluding carboxylic acids is 1. The fourth-order valence-electron chi connectivity index (χ4n) is 3.75. The van der Waals surface area contributed by atoms with E-state index in [1.165, 1.54) is 4.31 Å². The van der Waals surface area contributed by atoms with Gasteiger partial charge in [-0.05, 0) is 47.7 Å². The number of nitrogens with one attached hydrogen (secondary N) is 1. The SMILES string of the molecule is O=C(NCc1ccc(S(=O)(=O)N2CCCC2)cc1)/C(=C\c1ccccc1)c1ccccc1. The number of sulfonamides is 1. The van der Waals surface area contributed by atoms with Crippen LogP contribution in [0.2, 0.25) is 0 Å². The van der Waals surface area contributed by atoms with E-state index < -0.39 is 10.0 Å². The van der Waals surface area contributed by atoms with Gasteiger partial charge in [0.05, 0.1) is 4.90 Å². The lowest BCUT2D eigenvalue weighted by Gasteiger charge is -2.15. The van der Waals surface area contributed by atoms with Gasteiger partial charge in [-0.15, -0.1) is 0 Å². The maximum absolute atomic E-state index is 13.0. The smallest absolute Gasteiger partial charge is 0.252 e. The van der Waals surface area contributed by atoms with Crippen LogP contribution in [0, 0.1) is 0 Å². The fourth-order valence-corrected chi connectivity index (χ4v) is 5.27. The molecule has 0 bridgehead atoms. The zero-order valence-electron chi connectivity index (χ0n) is 17.8. The van der Waals surface area contributed by atoms with Crippen molar-refractivity contribution in [3.63, 3.8) is 0 Å². The highest BCUT2D eigenvalue weighted by Crippen LogP contribution is 2.22. The van der Waals surface area contributed by atoms with Crippen LogP contribution in [0.1, 0.15) is 29.5 Å². The molecule has 3 aromatic rings. The van der Waals surface area contributed by atoms with Gasteiger partial charge in [0.1, 0.15) is 0 Å². The molecule has 5 nitrogen and oxygen atoms in total. The van der Waals surface area contributed by atoms with Crippen LogP contribution in [0.3, 0.4) is 0 Å². The van der Waals surface area contributed by atoms with Crippen molar-refractivity contribution in [1.82, 2.24) is 9.62 Å². The summed E-state index contributed by atoms with van der Waals surface area (Å²) in [5, 5.41) is 2.96. The Morgan fingerprint density at radius 1 is 0.844 bits per heavy atom. The Labute approximate surface area is 189 Å². The molecule has 1 fully saturated rings. The van der Waals surface area contributed by atoms with E-state index in [0.717, 1.165) is 29.5 Å². The first kappa shape index (κ1) is 22.0. The Balaban J connectivity index is 1.48. The van der Waals surface area contributed by atoms with E-state index in [1.807, 2.05) is 66.7 Å². The molecule has 0 unspecified atom stereocenters. The normalized spacial score (nSPS) is 14.9. The fraction of sp³-hybridized carbons (Fsp3) is 0.192. The van der Waals surface area contributed by atoms with E-state index in [0.29, 0.717) is 30.1 Å². The van der Waals surface area contributed by atoms with E-state index >= 15 is 0 Å². The third-order valence-corrected chi connectivity index (χ3v) is 7.43. The number of benzene rings is 3. The molecule has 3 aromatic carbocycles. The van der Waals surface area contributed by atoms with Crippen molar-refractivity contribution in [2.24, 2.45) is 0 Å². The molecular weight excluding hydrogens is 420 g/mol. The first-order valence-corrected chi connectivity index (χ1v) is 12.2. The van der Waals surface area contributed by atoms with E-state index in [4.69, 9.17) is 0 Å². The molecule has 0 spiro atoms. The standard InChI is InChI=1S/C26H26N2O3S/c29-26(25(23-11-5-2-6-12-23)19-21-9-3-1-4-10-21)27-20-22-13-15-24(16-14-22)32(30,31)28-17-7-8-18-28/h1-6,9-16,19H,7-8,17-18,20H2,(H,27,29)/b25-19-. The molecule has 32 heavy (non-hydrogen) atoms. The zero-order chi connectivity index (χ0) is 22.4. The van der Waals surface area contributed by atoms with Crippen LogP contribution in [0.5, 0.6) is 0 Å². The van der Waals surface area contributed by atoms with Gasteiger partial charge in [-0.2, -0.15) is 4.31 Å². The van der Waals surface area contributed by atoms with Crippen molar-refractivity contribution in [2.75, 3.05) is 13.1 Å². The first-order chi connectivity index (χ1) is 15.5. The lowest BCUT2D eigenvalue weighted by molar-refractivity contribution is -0.115. The molecule has 0 saturated carbocycles. The third-order valence-electron chi connectivity index (χ3n) is 5.52. The highest BCUT2D eigenvalue weighted by Gasteiger charge is 2.26. The average Bonchev–Trinajstić information content (AvgIpc) is 3.39. The van der Waals surface area contributed by atoms with Crippen molar-refractivity contribution in [3.8, 4) is 0 Å². The number of hydrogen-bond donors (Lipinski definition) is 1. The van der Waals surface area contributed by atoms with Gasteiger partial charge in [0.2, 0.25) is 10.0 Å². The van der Waals surface area contributed by atoms with Crippen LogP contribution in [-0.4, -0.2) is 31.7 Å². The minimum Gasteiger partial charge on any atom is -0.348 e. The van der Waals surface area contributed by atoms with E-state index in [9.17, 15) is 13.2 Å². The second kappa shape index (κ2) is 9.94. The Bertz CT molecular complexity index is 1180. The van der Waals surface area contributed by atoms with Crippen molar-refractivity contribution in [2.45, 2.75) is 24.3 Å². The van der Waals surface area contributed by atoms with E-state index in [1.54, 1.807) is 24.3 Å². The molecule has 1 aliphatic heterocycles. The van der Waals surface area contributed by atoms with Gasteiger partial charge < -0.3 is 5.32 Å². The molecule has 1 aliphatic rings. The van der Waals surface area contributed by atoms with Crippen LogP contribution in [-0.2, 0) is 21.4 Å². The molecule has 0 radical (unpaired) electrons. The first-order valence-electron chi connectivity index (χ1n) is 10.7. The summed E-state index contributed by atoms with van der Waals surface area (Å²) in [7, 11) is -3.43. The molecule has 1 heterocycles.